The van der Waals surface area contributed by atoms with Crippen LogP contribution in [0.25, 0.3) is 0 Å². The van der Waals surface area contributed by atoms with Crippen molar-refractivity contribution >= 4 is 23.0 Å². The Morgan fingerprint density at radius 2 is 1.62 bits per heavy atom. The number of ether oxygens (including phenoxy) is 1. The summed E-state index contributed by atoms with van der Waals surface area (Å²) in [6, 6.07) is 17.9. The number of hydrogen-bond donors (Lipinski definition) is 2. The maximum Gasteiger partial charge on any atom is 0.142 e. The third kappa shape index (κ3) is 3.81. The molecule has 2 N–H and O–H groups in total. The van der Waals surface area contributed by atoms with Crippen LogP contribution in [0, 0.1) is 0 Å². The fraction of sp³-hybridized carbons (Fsp3) is 0.158. The van der Waals surface area contributed by atoms with Gasteiger partial charge in [-0.25, -0.2) is 9.97 Å². The monoisotopic (exact) mass is 320 g/mol. The molecule has 0 aliphatic carbocycles. The molecule has 0 amide bonds. The van der Waals surface area contributed by atoms with Gasteiger partial charge >= 0.3 is 0 Å². The molecule has 5 heteroatoms. The number of nitrogens with zero attached hydrogens (tertiary/aromatic N) is 2. The van der Waals surface area contributed by atoms with Crippen LogP contribution in [0.1, 0.15) is 12.5 Å². The normalized spacial score (nSPS) is 10.2. The van der Waals surface area contributed by atoms with Crippen molar-refractivity contribution in [3.8, 4) is 5.75 Å². The van der Waals surface area contributed by atoms with E-state index in [2.05, 4.69) is 39.7 Å². The molecule has 122 valence electrons. The zero-order chi connectivity index (χ0) is 16.8. The fourth-order valence-corrected chi connectivity index (χ4v) is 2.35. The van der Waals surface area contributed by atoms with Crippen LogP contribution in [-0.4, -0.2) is 17.1 Å². The summed E-state index contributed by atoms with van der Waals surface area (Å²) in [6.45, 7) is 2.14. The lowest BCUT2D eigenvalue weighted by Gasteiger charge is -2.11. The average Bonchev–Trinajstić information content (AvgIpc) is 2.63. The van der Waals surface area contributed by atoms with E-state index in [1.807, 2.05) is 42.5 Å². The van der Waals surface area contributed by atoms with Gasteiger partial charge in [0.1, 0.15) is 23.7 Å². The molecule has 0 aliphatic heterocycles. The lowest BCUT2D eigenvalue weighted by atomic mass is 10.1. The highest BCUT2D eigenvalue weighted by Gasteiger charge is 2.04. The Hall–Kier alpha value is -3.08. The largest absolute Gasteiger partial charge is 0.495 e. The molecule has 0 saturated carbocycles. The van der Waals surface area contributed by atoms with Gasteiger partial charge in [0.25, 0.3) is 0 Å². The molecule has 1 aromatic heterocycles. The van der Waals surface area contributed by atoms with E-state index in [4.69, 9.17) is 4.74 Å². The van der Waals surface area contributed by atoms with Crippen LogP contribution in [0.15, 0.2) is 60.9 Å². The van der Waals surface area contributed by atoms with Crippen LogP contribution in [-0.2, 0) is 6.42 Å². The predicted octanol–water partition coefficient (Wildman–Crippen LogP) is 4.53. The molecule has 0 unspecified atom stereocenters. The molecule has 0 spiro atoms. The van der Waals surface area contributed by atoms with E-state index in [0.29, 0.717) is 5.82 Å². The number of anilines is 4. The molecule has 3 rings (SSSR count). The molecule has 0 atom stereocenters. The summed E-state index contributed by atoms with van der Waals surface area (Å²) in [5.41, 5.74) is 3.16. The van der Waals surface area contributed by atoms with Crippen LogP contribution in [0.5, 0.6) is 5.75 Å². The van der Waals surface area contributed by atoms with Gasteiger partial charge in [0, 0.05) is 11.8 Å². The van der Waals surface area contributed by atoms with Gasteiger partial charge in [-0.15, -0.1) is 0 Å². The fourth-order valence-electron chi connectivity index (χ4n) is 2.35. The third-order valence-electron chi connectivity index (χ3n) is 3.67. The number of rotatable bonds is 6. The summed E-state index contributed by atoms with van der Waals surface area (Å²) in [7, 11) is 1.65. The molecule has 0 fully saturated rings. The summed E-state index contributed by atoms with van der Waals surface area (Å²) in [5.74, 6) is 2.19. The third-order valence-corrected chi connectivity index (χ3v) is 3.67. The molecule has 24 heavy (non-hydrogen) atoms. The van der Waals surface area contributed by atoms with Crippen molar-refractivity contribution in [2.75, 3.05) is 17.7 Å². The van der Waals surface area contributed by atoms with Gasteiger partial charge in [-0.2, -0.15) is 0 Å². The number of methoxy groups -OCH3 is 1. The molecule has 1 heterocycles. The van der Waals surface area contributed by atoms with Gasteiger partial charge in [0.05, 0.1) is 12.8 Å². The van der Waals surface area contributed by atoms with Crippen LogP contribution < -0.4 is 15.4 Å². The highest BCUT2D eigenvalue weighted by molar-refractivity contribution is 5.66. The molecular formula is C19H20N4O. The SMILES string of the molecule is CCc1ccc(Nc2cc(Nc3ccccc3OC)ncn2)cc1. The Bertz CT molecular complexity index is 802. The van der Waals surface area contributed by atoms with Gasteiger partial charge in [0.2, 0.25) is 0 Å². The quantitative estimate of drug-likeness (QED) is 0.698. The smallest absolute Gasteiger partial charge is 0.142 e. The van der Waals surface area contributed by atoms with Crippen molar-refractivity contribution < 1.29 is 4.74 Å². The van der Waals surface area contributed by atoms with Crippen LogP contribution in [0.2, 0.25) is 0 Å². The van der Waals surface area contributed by atoms with Crippen molar-refractivity contribution in [3.05, 3.63) is 66.5 Å². The Labute approximate surface area is 141 Å². The number of nitrogens with one attached hydrogen (secondary N) is 2. The first-order valence-electron chi connectivity index (χ1n) is 7.86. The second-order valence-corrected chi connectivity index (χ2v) is 5.29. The minimum Gasteiger partial charge on any atom is -0.495 e. The van der Waals surface area contributed by atoms with E-state index < -0.39 is 0 Å². The summed E-state index contributed by atoms with van der Waals surface area (Å²) < 4.78 is 5.34. The molecule has 0 bridgehead atoms. The van der Waals surface area contributed by atoms with E-state index in [9.17, 15) is 0 Å². The topological polar surface area (TPSA) is 59.1 Å². The second kappa shape index (κ2) is 7.46. The first-order valence-corrected chi connectivity index (χ1v) is 7.86. The number of para-hydroxylation sites is 2. The lowest BCUT2D eigenvalue weighted by molar-refractivity contribution is 0.417. The zero-order valence-electron chi connectivity index (χ0n) is 13.8. The molecular weight excluding hydrogens is 300 g/mol. The number of aromatic nitrogens is 2. The average molecular weight is 320 g/mol. The van der Waals surface area contributed by atoms with E-state index in [-0.39, 0.29) is 0 Å². The Morgan fingerprint density at radius 3 is 2.33 bits per heavy atom. The van der Waals surface area contributed by atoms with Crippen LogP contribution in [0.3, 0.4) is 0 Å². The van der Waals surface area contributed by atoms with Crippen molar-refractivity contribution in [2.24, 2.45) is 0 Å². The number of aryl methyl sites for hydroxylation is 1. The predicted molar refractivity (Wildman–Crippen MR) is 97.4 cm³/mol. The van der Waals surface area contributed by atoms with Gasteiger partial charge in [-0.1, -0.05) is 31.2 Å². The molecule has 0 aliphatic rings. The van der Waals surface area contributed by atoms with E-state index >= 15 is 0 Å². The van der Waals surface area contributed by atoms with E-state index in [0.717, 1.165) is 29.4 Å². The van der Waals surface area contributed by atoms with Crippen molar-refractivity contribution in [1.29, 1.82) is 0 Å². The number of benzene rings is 2. The minimum absolute atomic E-state index is 0.696. The molecule has 2 aromatic carbocycles. The highest BCUT2D eigenvalue weighted by Crippen LogP contribution is 2.27. The van der Waals surface area contributed by atoms with Gasteiger partial charge in [-0.05, 0) is 36.2 Å². The minimum atomic E-state index is 0.696. The summed E-state index contributed by atoms with van der Waals surface area (Å²) in [6.07, 6.45) is 2.56. The van der Waals surface area contributed by atoms with E-state index in [1.54, 1.807) is 7.11 Å². The standard InChI is InChI=1S/C19H20N4O/c1-3-14-8-10-15(11-9-14)22-18-12-19(21-13-20-18)23-16-6-4-5-7-17(16)24-2/h4-13H,3H2,1-2H3,(H2,20,21,22,23). The summed E-state index contributed by atoms with van der Waals surface area (Å²) in [5, 5.41) is 6.54. The molecule has 0 radical (unpaired) electrons. The molecule has 0 saturated heterocycles. The van der Waals surface area contributed by atoms with Gasteiger partial charge < -0.3 is 15.4 Å². The number of hydrogen-bond acceptors (Lipinski definition) is 5. The lowest BCUT2D eigenvalue weighted by Crippen LogP contribution is -1.99. The highest BCUT2D eigenvalue weighted by atomic mass is 16.5. The Kier molecular flexibility index (Phi) is 4.91. The van der Waals surface area contributed by atoms with Gasteiger partial charge in [0.15, 0.2) is 0 Å². The van der Waals surface area contributed by atoms with Crippen molar-refractivity contribution in [1.82, 2.24) is 9.97 Å². The van der Waals surface area contributed by atoms with E-state index in [1.165, 1.54) is 11.9 Å². The van der Waals surface area contributed by atoms with Crippen LogP contribution in [0.4, 0.5) is 23.0 Å². The van der Waals surface area contributed by atoms with Gasteiger partial charge in [-0.3, -0.25) is 0 Å². The zero-order valence-corrected chi connectivity index (χ0v) is 13.8. The second-order valence-electron chi connectivity index (χ2n) is 5.29. The molecule has 3 aromatic rings. The maximum absolute atomic E-state index is 5.34. The van der Waals surface area contributed by atoms with Crippen molar-refractivity contribution in [3.63, 3.8) is 0 Å². The first-order chi connectivity index (χ1) is 11.8. The molecule has 5 nitrogen and oxygen atoms in total. The van der Waals surface area contributed by atoms with Crippen LogP contribution >= 0.6 is 0 Å². The first kappa shape index (κ1) is 15.8. The summed E-state index contributed by atoms with van der Waals surface area (Å²) in [4.78, 5) is 8.53. The maximum atomic E-state index is 5.34. The Balaban J connectivity index is 1.76. The van der Waals surface area contributed by atoms with Crippen molar-refractivity contribution in [2.45, 2.75) is 13.3 Å². The Morgan fingerprint density at radius 1 is 0.917 bits per heavy atom. The summed E-state index contributed by atoms with van der Waals surface area (Å²) >= 11 is 0.